The van der Waals surface area contributed by atoms with Crippen molar-refractivity contribution >= 4 is 29.6 Å². The predicted octanol–water partition coefficient (Wildman–Crippen LogP) is 5.61. The molecule has 2 fully saturated rings. The van der Waals surface area contributed by atoms with Gasteiger partial charge in [0.1, 0.15) is 0 Å². The monoisotopic (exact) mass is 292 g/mol. The molecular weight excluding hydrogens is 267 g/mol. The fourth-order valence-electron chi connectivity index (χ4n) is 4.00. The number of rotatable bonds is 2. The van der Waals surface area contributed by atoms with Crippen LogP contribution in [0.25, 0.3) is 0 Å². The van der Waals surface area contributed by atoms with Crippen molar-refractivity contribution in [3.63, 3.8) is 0 Å². The molecule has 0 aromatic carbocycles. The summed E-state index contributed by atoms with van der Waals surface area (Å²) in [5.74, 6) is 1.83. The minimum atomic E-state index is -1.48. The van der Waals surface area contributed by atoms with Gasteiger partial charge in [0.15, 0.2) is 0 Å². The molecule has 3 heteroatoms. The second-order valence-corrected chi connectivity index (χ2v) is 11.1. The smallest absolute Gasteiger partial charge is 0.150 e. The Morgan fingerprint density at radius 3 is 1.82 bits per heavy atom. The van der Waals surface area contributed by atoms with E-state index >= 15 is 0 Å². The molecule has 0 radical (unpaired) electrons. The summed E-state index contributed by atoms with van der Waals surface area (Å²) >= 11 is 12.8. The first-order valence-corrected chi connectivity index (χ1v) is 11.7. The van der Waals surface area contributed by atoms with Gasteiger partial charge >= 0.3 is 0 Å². The van der Waals surface area contributed by atoms with Gasteiger partial charge in [0, 0.05) is 0 Å². The van der Waals surface area contributed by atoms with Gasteiger partial charge in [-0.1, -0.05) is 70.6 Å². The third-order valence-corrected chi connectivity index (χ3v) is 8.37. The Hall–Kier alpha value is 0.797. The van der Waals surface area contributed by atoms with Gasteiger partial charge in [0.25, 0.3) is 0 Å². The standard InChI is InChI=1S/C14H26Cl2Si/c15-17(16)14-11-7-3-6-10-13(14)12-8-4-1-2-5-9-12/h12-14,17H,1-11H2. The van der Waals surface area contributed by atoms with Crippen LogP contribution in [0.4, 0.5) is 0 Å². The van der Waals surface area contributed by atoms with Crippen LogP contribution in [-0.4, -0.2) is 7.42 Å². The number of halogens is 2. The summed E-state index contributed by atoms with van der Waals surface area (Å²) in [5.41, 5.74) is 0.712. The van der Waals surface area contributed by atoms with Gasteiger partial charge in [-0.25, -0.2) is 0 Å². The molecule has 0 nitrogen and oxygen atoms in total. The van der Waals surface area contributed by atoms with Gasteiger partial charge in [0.2, 0.25) is 7.42 Å². The average molecular weight is 293 g/mol. The van der Waals surface area contributed by atoms with E-state index in [0.29, 0.717) is 5.54 Å². The molecule has 0 heterocycles. The van der Waals surface area contributed by atoms with Crippen molar-refractivity contribution in [2.45, 2.75) is 76.2 Å². The van der Waals surface area contributed by atoms with Crippen LogP contribution in [0.2, 0.25) is 5.54 Å². The van der Waals surface area contributed by atoms with Crippen LogP contribution in [0, 0.1) is 11.8 Å². The molecule has 0 aliphatic heterocycles. The Kier molecular flexibility index (Phi) is 6.19. The molecule has 2 saturated carbocycles. The molecule has 17 heavy (non-hydrogen) atoms. The summed E-state index contributed by atoms with van der Waals surface area (Å²) in [5, 5.41) is 0. The molecule has 0 aromatic rings. The topological polar surface area (TPSA) is 0 Å². The molecule has 2 unspecified atom stereocenters. The van der Waals surface area contributed by atoms with E-state index in [1.165, 1.54) is 70.6 Å². The third-order valence-electron chi connectivity index (χ3n) is 4.95. The molecule has 0 spiro atoms. The zero-order valence-corrected chi connectivity index (χ0v) is 13.5. The summed E-state index contributed by atoms with van der Waals surface area (Å²) in [6, 6.07) is 0. The van der Waals surface area contributed by atoms with Gasteiger partial charge in [-0.05, 0) is 17.4 Å². The fourth-order valence-corrected chi connectivity index (χ4v) is 7.25. The van der Waals surface area contributed by atoms with Gasteiger partial charge < -0.3 is 0 Å². The summed E-state index contributed by atoms with van der Waals surface area (Å²) in [6.45, 7) is 0. The van der Waals surface area contributed by atoms with E-state index in [1.807, 2.05) is 0 Å². The molecule has 100 valence electrons. The highest BCUT2D eigenvalue weighted by atomic mass is 35.7. The van der Waals surface area contributed by atoms with Crippen molar-refractivity contribution in [2.75, 3.05) is 0 Å². The summed E-state index contributed by atoms with van der Waals surface area (Å²) in [7, 11) is -1.48. The molecular formula is C14H26Cl2Si. The van der Waals surface area contributed by atoms with Crippen LogP contribution in [0.5, 0.6) is 0 Å². The number of hydrogen-bond acceptors (Lipinski definition) is 0. The first kappa shape index (κ1) is 14.2. The zero-order chi connectivity index (χ0) is 12.1. The lowest BCUT2D eigenvalue weighted by molar-refractivity contribution is 0.268. The van der Waals surface area contributed by atoms with Crippen LogP contribution in [0.1, 0.15) is 70.6 Å². The Labute approximate surface area is 117 Å². The van der Waals surface area contributed by atoms with Crippen molar-refractivity contribution in [3.8, 4) is 0 Å². The molecule has 0 amide bonds. The molecule has 0 saturated heterocycles. The first-order chi connectivity index (χ1) is 8.29. The van der Waals surface area contributed by atoms with Crippen molar-refractivity contribution in [1.29, 1.82) is 0 Å². The zero-order valence-electron chi connectivity index (χ0n) is 10.8. The van der Waals surface area contributed by atoms with E-state index in [2.05, 4.69) is 0 Å². The highest BCUT2D eigenvalue weighted by Gasteiger charge is 2.34. The molecule has 2 rings (SSSR count). The van der Waals surface area contributed by atoms with Crippen LogP contribution in [0.15, 0.2) is 0 Å². The largest absolute Gasteiger partial charge is 0.240 e. The lowest BCUT2D eigenvalue weighted by Crippen LogP contribution is -2.24. The van der Waals surface area contributed by atoms with Crippen molar-refractivity contribution in [3.05, 3.63) is 0 Å². The van der Waals surface area contributed by atoms with Crippen LogP contribution < -0.4 is 0 Å². The summed E-state index contributed by atoms with van der Waals surface area (Å²) < 4.78 is 0. The van der Waals surface area contributed by atoms with E-state index in [9.17, 15) is 0 Å². The van der Waals surface area contributed by atoms with Crippen molar-refractivity contribution in [1.82, 2.24) is 0 Å². The van der Waals surface area contributed by atoms with E-state index in [-0.39, 0.29) is 0 Å². The van der Waals surface area contributed by atoms with Gasteiger partial charge in [0.05, 0.1) is 0 Å². The lowest BCUT2D eigenvalue weighted by Gasteiger charge is -2.32. The second-order valence-electron chi connectivity index (χ2n) is 6.05. The minimum absolute atomic E-state index is 0.712. The highest BCUT2D eigenvalue weighted by Crippen LogP contribution is 2.45. The van der Waals surface area contributed by atoms with Crippen molar-refractivity contribution < 1.29 is 0 Å². The van der Waals surface area contributed by atoms with Gasteiger partial charge in [-0.15, -0.1) is 0 Å². The lowest BCUT2D eigenvalue weighted by atomic mass is 9.81. The quantitative estimate of drug-likeness (QED) is 0.353. The summed E-state index contributed by atoms with van der Waals surface area (Å²) in [4.78, 5) is 0. The van der Waals surface area contributed by atoms with Gasteiger partial charge in [-0.3, -0.25) is 0 Å². The predicted molar refractivity (Wildman–Crippen MR) is 80.4 cm³/mol. The van der Waals surface area contributed by atoms with Crippen LogP contribution in [-0.2, 0) is 0 Å². The summed E-state index contributed by atoms with van der Waals surface area (Å²) in [6.07, 6.45) is 15.7. The molecule has 0 aromatic heterocycles. The van der Waals surface area contributed by atoms with E-state index in [4.69, 9.17) is 22.2 Å². The third kappa shape index (κ3) is 4.14. The first-order valence-electron chi connectivity index (χ1n) is 7.57. The Morgan fingerprint density at radius 2 is 1.18 bits per heavy atom. The molecule has 0 bridgehead atoms. The fraction of sp³-hybridized carbons (Fsp3) is 1.00. The SMILES string of the molecule is Cl[SiH](Cl)C1CCCCCC1C1CCCCCC1. The normalized spacial score (nSPS) is 33.4. The minimum Gasteiger partial charge on any atom is -0.150 e. The maximum absolute atomic E-state index is 6.39. The van der Waals surface area contributed by atoms with Gasteiger partial charge in [-0.2, -0.15) is 22.2 Å². The van der Waals surface area contributed by atoms with E-state index in [0.717, 1.165) is 11.8 Å². The maximum Gasteiger partial charge on any atom is 0.240 e. The highest BCUT2D eigenvalue weighted by molar-refractivity contribution is 7.34. The Morgan fingerprint density at radius 1 is 0.647 bits per heavy atom. The number of hydrogen-bond donors (Lipinski definition) is 0. The van der Waals surface area contributed by atoms with E-state index < -0.39 is 7.42 Å². The van der Waals surface area contributed by atoms with Crippen molar-refractivity contribution in [2.24, 2.45) is 11.8 Å². The van der Waals surface area contributed by atoms with Crippen LogP contribution in [0.3, 0.4) is 0 Å². The molecule has 2 aliphatic rings. The Balaban J connectivity index is 2.01. The maximum atomic E-state index is 6.39. The van der Waals surface area contributed by atoms with Crippen LogP contribution >= 0.6 is 22.2 Å². The molecule has 2 atom stereocenters. The average Bonchev–Trinajstić information content (AvgIpc) is 2.71. The second kappa shape index (κ2) is 7.40. The Bertz CT molecular complexity index is 212. The molecule has 2 aliphatic carbocycles. The molecule has 0 N–H and O–H groups in total. The van der Waals surface area contributed by atoms with E-state index in [1.54, 1.807) is 0 Å².